The average molecular weight is 368 g/mol. The molecule has 0 aliphatic carbocycles. The number of nitro groups is 1. The van der Waals surface area contributed by atoms with Crippen molar-refractivity contribution in [3.63, 3.8) is 0 Å². The molecule has 0 fully saturated rings. The van der Waals surface area contributed by atoms with Gasteiger partial charge in [-0.2, -0.15) is 0 Å². The van der Waals surface area contributed by atoms with Gasteiger partial charge in [0.15, 0.2) is 11.6 Å². The van der Waals surface area contributed by atoms with Crippen molar-refractivity contribution in [2.45, 2.75) is 25.7 Å². The van der Waals surface area contributed by atoms with Crippen molar-refractivity contribution in [1.29, 1.82) is 0 Å². The molecule has 2 rings (SSSR count). The van der Waals surface area contributed by atoms with Gasteiger partial charge in [-0.05, 0) is 44.0 Å². The van der Waals surface area contributed by atoms with Crippen molar-refractivity contribution in [3.05, 3.63) is 57.4 Å². The predicted octanol–water partition coefficient (Wildman–Crippen LogP) is 3.55. The van der Waals surface area contributed by atoms with Gasteiger partial charge in [0.2, 0.25) is 0 Å². The van der Waals surface area contributed by atoms with Crippen LogP contribution in [-0.2, 0) is 10.0 Å². The van der Waals surface area contributed by atoms with Crippen molar-refractivity contribution in [3.8, 4) is 5.75 Å². The van der Waals surface area contributed by atoms with Crippen LogP contribution in [0.5, 0.6) is 5.75 Å². The van der Waals surface area contributed by atoms with Crippen molar-refractivity contribution >= 4 is 21.4 Å². The minimum Gasteiger partial charge on any atom is -0.491 e. The minimum atomic E-state index is -4.13. The summed E-state index contributed by atoms with van der Waals surface area (Å²) in [5.41, 5.74) is 0.503. The Morgan fingerprint density at radius 3 is 2.48 bits per heavy atom. The summed E-state index contributed by atoms with van der Waals surface area (Å²) in [5.74, 6) is -0.707. The fourth-order valence-corrected chi connectivity index (χ4v) is 3.63. The fraction of sp³-hybridized carbons (Fsp3) is 0.250. The molecule has 0 radical (unpaired) electrons. The standard InChI is InChI=1S/C16H17FN2O5S/c1-4-24-15-6-5-12(8-14(15)17)18-25(22,23)16-9-13(19(20)21)7-10(2)11(16)3/h5-9,18H,4H2,1-3H3. The van der Waals surface area contributed by atoms with Gasteiger partial charge in [-0.3, -0.25) is 14.8 Å². The molecule has 0 amide bonds. The highest BCUT2D eigenvalue weighted by Crippen LogP contribution is 2.28. The molecule has 7 nitrogen and oxygen atoms in total. The zero-order valence-electron chi connectivity index (χ0n) is 13.9. The monoisotopic (exact) mass is 368 g/mol. The zero-order valence-corrected chi connectivity index (χ0v) is 14.7. The molecule has 0 saturated heterocycles. The molecule has 0 aliphatic rings. The third-order valence-corrected chi connectivity index (χ3v) is 5.10. The van der Waals surface area contributed by atoms with Crippen molar-refractivity contribution in [1.82, 2.24) is 0 Å². The third-order valence-electron chi connectivity index (χ3n) is 3.59. The van der Waals surface area contributed by atoms with Crippen LogP contribution in [0.3, 0.4) is 0 Å². The van der Waals surface area contributed by atoms with Crippen molar-refractivity contribution in [2.75, 3.05) is 11.3 Å². The summed E-state index contributed by atoms with van der Waals surface area (Å²) < 4.78 is 46.3. The highest BCUT2D eigenvalue weighted by atomic mass is 32.2. The van der Waals surface area contributed by atoms with Gasteiger partial charge in [0.1, 0.15) is 0 Å². The first-order valence-corrected chi connectivity index (χ1v) is 8.85. The molecule has 0 unspecified atom stereocenters. The molecular weight excluding hydrogens is 351 g/mol. The lowest BCUT2D eigenvalue weighted by molar-refractivity contribution is -0.385. The summed E-state index contributed by atoms with van der Waals surface area (Å²) >= 11 is 0. The second-order valence-corrected chi connectivity index (χ2v) is 6.98. The molecule has 2 aromatic rings. The molecule has 0 atom stereocenters. The van der Waals surface area contributed by atoms with E-state index >= 15 is 0 Å². The summed E-state index contributed by atoms with van der Waals surface area (Å²) in [6.07, 6.45) is 0. The van der Waals surface area contributed by atoms with E-state index in [-0.39, 0.29) is 28.6 Å². The number of sulfonamides is 1. The Kier molecular flexibility index (Phi) is 5.27. The number of halogens is 1. The smallest absolute Gasteiger partial charge is 0.271 e. The van der Waals surface area contributed by atoms with E-state index in [9.17, 15) is 22.9 Å². The van der Waals surface area contributed by atoms with Gasteiger partial charge < -0.3 is 4.74 Å². The Morgan fingerprint density at radius 1 is 1.24 bits per heavy atom. The molecule has 0 spiro atoms. The number of hydrogen-bond donors (Lipinski definition) is 1. The van der Waals surface area contributed by atoms with E-state index < -0.39 is 20.8 Å². The molecule has 25 heavy (non-hydrogen) atoms. The maximum atomic E-state index is 13.9. The Bertz CT molecular complexity index is 928. The number of anilines is 1. The van der Waals surface area contributed by atoms with Crippen LogP contribution >= 0.6 is 0 Å². The third kappa shape index (κ3) is 4.05. The number of hydrogen-bond acceptors (Lipinski definition) is 5. The highest BCUT2D eigenvalue weighted by Gasteiger charge is 2.23. The number of nitro benzene ring substituents is 1. The van der Waals surface area contributed by atoms with Crippen LogP contribution in [0.2, 0.25) is 0 Å². The van der Waals surface area contributed by atoms with Crippen LogP contribution in [0.25, 0.3) is 0 Å². The van der Waals surface area contributed by atoms with Crippen LogP contribution in [-0.4, -0.2) is 19.9 Å². The number of non-ortho nitro benzene ring substituents is 1. The van der Waals surface area contributed by atoms with E-state index in [1.165, 1.54) is 18.2 Å². The van der Waals surface area contributed by atoms with E-state index in [2.05, 4.69) is 4.72 Å². The molecule has 0 saturated carbocycles. The summed E-state index contributed by atoms with van der Waals surface area (Å²) in [5, 5.41) is 11.0. The lowest BCUT2D eigenvalue weighted by Crippen LogP contribution is -2.15. The predicted molar refractivity (Wildman–Crippen MR) is 90.9 cm³/mol. The topological polar surface area (TPSA) is 98.5 Å². The van der Waals surface area contributed by atoms with Gasteiger partial charge in [-0.1, -0.05) is 0 Å². The molecular formula is C16H17FN2O5S. The second-order valence-electron chi connectivity index (χ2n) is 5.33. The number of ether oxygens (including phenoxy) is 1. The lowest BCUT2D eigenvalue weighted by Gasteiger charge is -2.13. The summed E-state index contributed by atoms with van der Waals surface area (Å²) in [6.45, 7) is 5.10. The van der Waals surface area contributed by atoms with Gasteiger partial charge in [-0.15, -0.1) is 0 Å². The molecule has 0 bridgehead atoms. The Hall–Kier alpha value is -2.68. The van der Waals surface area contributed by atoms with Crippen LogP contribution in [0, 0.1) is 29.8 Å². The Balaban J connectivity index is 2.43. The molecule has 0 aromatic heterocycles. The van der Waals surface area contributed by atoms with Crippen LogP contribution in [0.4, 0.5) is 15.8 Å². The molecule has 9 heteroatoms. The van der Waals surface area contributed by atoms with Gasteiger partial charge in [0.25, 0.3) is 15.7 Å². The van der Waals surface area contributed by atoms with Gasteiger partial charge in [0.05, 0.1) is 22.1 Å². The first-order valence-electron chi connectivity index (χ1n) is 7.36. The fourth-order valence-electron chi connectivity index (χ4n) is 2.24. The average Bonchev–Trinajstić information content (AvgIpc) is 2.52. The summed E-state index contributed by atoms with van der Waals surface area (Å²) in [6, 6.07) is 5.93. The van der Waals surface area contributed by atoms with Crippen molar-refractivity contribution < 1.29 is 22.5 Å². The summed E-state index contributed by atoms with van der Waals surface area (Å²) in [7, 11) is -4.13. The summed E-state index contributed by atoms with van der Waals surface area (Å²) in [4.78, 5) is 10.1. The van der Waals surface area contributed by atoms with Crippen molar-refractivity contribution in [2.24, 2.45) is 0 Å². The second kappa shape index (κ2) is 7.06. The normalized spacial score (nSPS) is 11.2. The van der Waals surface area contributed by atoms with Crippen LogP contribution in [0.1, 0.15) is 18.1 Å². The molecule has 0 heterocycles. The maximum Gasteiger partial charge on any atom is 0.271 e. The highest BCUT2D eigenvalue weighted by molar-refractivity contribution is 7.92. The van der Waals surface area contributed by atoms with Crippen LogP contribution in [0.15, 0.2) is 35.2 Å². The van der Waals surface area contributed by atoms with E-state index in [0.717, 1.165) is 12.1 Å². The number of rotatable bonds is 6. The Morgan fingerprint density at radius 2 is 1.92 bits per heavy atom. The number of benzene rings is 2. The van der Waals surface area contributed by atoms with E-state index in [0.29, 0.717) is 11.1 Å². The van der Waals surface area contributed by atoms with Gasteiger partial charge >= 0.3 is 0 Å². The molecule has 2 aromatic carbocycles. The molecule has 1 N–H and O–H groups in total. The van der Waals surface area contributed by atoms with Crippen LogP contribution < -0.4 is 9.46 Å². The lowest BCUT2D eigenvalue weighted by atomic mass is 10.1. The van der Waals surface area contributed by atoms with E-state index in [4.69, 9.17) is 4.74 Å². The Labute approximate surface area is 144 Å². The first kappa shape index (κ1) is 18.7. The van der Waals surface area contributed by atoms with E-state index in [1.807, 2.05) is 0 Å². The SMILES string of the molecule is CCOc1ccc(NS(=O)(=O)c2cc([N+](=O)[O-])cc(C)c2C)cc1F. The van der Waals surface area contributed by atoms with E-state index in [1.54, 1.807) is 20.8 Å². The number of nitrogens with one attached hydrogen (secondary N) is 1. The number of nitrogens with zero attached hydrogens (tertiary/aromatic N) is 1. The first-order chi connectivity index (χ1) is 11.7. The molecule has 134 valence electrons. The van der Waals surface area contributed by atoms with Gasteiger partial charge in [0, 0.05) is 18.2 Å². The zero-order chi connectivity index (χ0) is 18.8. The largest absolute Gasteiger partial charge is 0.491 e. The number of aryl methyl sites for hydroxylation is 1. The molecule has 0 aliphatic heterocycles. The maximum absolute atomic E-state index is 13.9. The minimum absolute atomic E-state index is 0.00724. The quantitative estimate of drug-likeness (QED) is 0.621. The van der Waals surface area contributed by atoms with Gasteiger partial charge in [-0.25, -0.2) is 12.8 Å².